The van der Waals surface area contributed by atoms with Crippen molar-refractivity contribution in [3.8, 4) is 11.5 Å². The third-order valence-corrected chi connectivity index (χ3v) is 8.54. The number of thioether (sulfide) groups is 1. The Morgan fingerprint density at radius 2 is 1.85 bits per heavy atom. The summed E-state index contributed by atoms with van der Waals surface area (Å²) < 4.78 is 12.9. The second-order valence-corrected chi connectivity index (χ2v) is 10.5. The molecule has 0 unspecified atom stereocenters. The summed E-state index contributed by atoms with van der Waals surface area (Å²) in [5, 5.41) is 1.65. The Balaban J connectivity index is 1.36. The highest BCUT2D eigenvalue weighted by Gasteiger charge is 2.22. The van der Waals surface area contributed by atoms with Crippen LogP contribution in [-0.2, 0) is 31.6 Å². The number of benzene rings is 2. The monoisotopic (exact) mass is 476 g/mol. The molecule has 2 aromatic carbocycles. The van der Waals surface area contributed by atoms with E-state index in [2.05, 4.69) is 18.2 Å². The molecule has 0 radical (unpaired) electrons. The van der Waals surface area contributed by atoms with Crippen LogP contribution in [0.2, 0.25) is 0 Å². The maximum atomic E-state index is 13.7. The van der Waals surface area contributed by atoms with E-state index < -0.39 is 0 Å². The van der Waals surface area contributed by atoms with Gasteiger partial charge in [-0.1, -0.05) is 48.2 Å². The molecule has 0 amide bonds. The summed E-state index contributed by atoms with van der Waals surface area (Å²) in [5.74, 6) is 2.28. The molecule has 0 N–H and O–H groups in total. The third kappa shape index (κ3) is 4.04. The molecule has 6 rings (SSSR count). The number of ether oxygens (including phenoxy) is 2. The summed E-state index contributed by atoms with van der Waals surface area (Å²) in [7, 11) is 0. The van der Waals surface area contributed by atoms with Crippen molar-refractivity contribution in [3.63, 3.8) is 0 Å². The summed E-state index contributed by atoms with van der Waals surface area (Å²) in [4.78, 5) is 21.0. The number of fused-ring (bicyclic) bond motifs is 4. The first kappa shape index (κ1) is 20.8. The number of nitrogens with zero attached hydrogens (tertiary/aromatic N) is 2. The van der Waals surface area contributed by atoms with Crippen LogP contribution in [-0.4, -0.2) is 16.3 Å². The highest BCUT2D eigenvalue weighted by molar-refractivity contribution is 7.98. The van der Waals surface area contributed by atoms with E-state index in [0.29, 0.717) is 12.3 Å². The number of rotatable bonds is 6. The molecule has 1 aliphatic carbocycles. The number of aromatic nitrogens is 2. The molecule has 0 saturated heterocycles. The van der Waals surface area contributed by atoms with Crippen molar-refractivity contribution in [3.05, 3.63) is 80.5 Å². The molecule has 168 valence electrons. The Hall–Kier alpha value is -2.77. The number of hydrogen-bond acceptors (Lipinski definition) is 6. The van der Waals surface area contributed by atoms with Gasteiger partial charge in [0.15, 0.2) is 16.7 Å². The smallest absolute Gasteiger partial charge is 0.263 e. The average Bonchev–Trinajstić information content (AvgIpc) is 3.46. The predicted octanol–water partition coefficient (Wildman–Crippen LogP) is 5.60. The van der Waals surface area contributed by atoms with Crippen LogP contribution in [0.1, 0.15) is 34.4 Å². The Labute approximate surface area is 200 Å². The van der Waals surface area contributed by atoms with E-state index >= 15 is 0 Å². The quantitative estimate of drug-likeness (QED) is 0.268. The highest BCUT2D eigenvalue weighted by Crippen LogP contribution is 2.36. The van der Waals surface area contributed by atoms with Gasteiger partial charge >= 0.3 is 0 Å². The Kier molecular flexibility index (Phi) is 5.60. The van der Waals surface area contributed by atoms with E-state index in [0.717, 1.165) is 58.1 Å². The SMILES string of the molecule is O=c1c2c3c(sc2nc(SCc2ccc4c(c2)OCO4)n1CCc1ccccc1)CCCC3. The van der Waals surface area contributed by atoms with Gasteiger partial charge in [-0.25, -0.2) is 4.98 Å². The molecule has 33 heavy (non-hydrogen) atoms. The Bertz CT molecular complexity index is 1380. The van der Waals surface area contributed by atoms with Crippen molar-refractivity contribution in [2.45, 2.75) is 49.6 Å². The lowest BCUT2D eigenvalue weighted by Crippen LogP contribution is -2.24. The van der Waals surface area contributed by atoms with Crippen LogP contribution in [0.15, 0.2) is 58.5 Å². The van der Waals surface area contributed by atoms with Crippen molar-refractivity contribution >= 4 is 33.3 Å². The van der Waals surface area contributed by atoms with Crippen molar-refractivity contribution in [1.29, 1.82) is 0 Å². The molecule has 2 aromatic heterocycles. The van der Waals surface area contributed by atoms with Crippen LogP contribution in [0.25, 0.3) is 10.2 Å². The Morgan fingerprint density at radius 3 is 2.76 bits per heavy atom. The molecule has 5 nitrogen and oxygen atoms in total. The minimum absolute atomic E-state index is 0.114. The minimum Gasteiger partial charge on any atom is -0.454 e. The molecule has 0 spiro atoms. The zero-order chi connectivity index (χ0) is 22.2. The van der Waals surface area contributed by atoms with Crippen LogP contribution in [0.3, 0.4) is 0 Å². The van der Waals surface area contributed by atoms with Crippen LogP contribution in [0, 0.1) is 0 Å². The van der Waals surface area contributed by atoms with Gasteiger partial charge in [-0.05, 0) is 60.9 Å². The van der Waals surface area contributed by atoms with Crippen LogP contribution >= 0.6 is 23.1 Å². The van der Waals surface area contributed by atoms with Gasteiger partial charge in [0.25, 0.3) is 5.56 Å². The normalized spacial score (nSPS) is 14.5. The van der Waals surface area contributed by atoms with E-state index in [1.54, 1.807) is 23.1 Å². The van der Waals surface area contributed by atoms with Gasteiger partial charge in [-0.15, -0.1) is 11.3 Å². The van der Waals surface area contributed by atoms with E-state index in [-0.39, 0.29) is 12.4 Å². The van der Waals surface area contributed by atoms with E-state index in [4.69, 9.17) is 14.5 Å². The van der Waals surface area contributed by atoms with E-state index in [1.165, 1.54) is 22.4 Å². The molecule has 0 saturated carbocycles. The van der Waals surface area contributed by atoms with Crippen LogP contribution in [0.5, 0.6) is 11.5 Å². The largest absolute Gasteiger partial charge is 0.454 e. The fourth-order valence-corrected chi connectivity index (χ4v) is 6.86. The lowest BCUT2D eigenvalue weighted by molar-refractivity contribution is 0.174. The maximum absolute atomic E-state index is 13.7. The number of aryl methyl sites for hydroxylation is 3. The van der Waals surface area contributed by atoms with Crippen molar-refractivity contribution in [2.24, 2.45) is 0 Å². The van der Waals surface area contributed by atoms with Crippen LogP contribution in [0.4, 0.5) is 0 Å². The molecule has 1 aliphatic heterocycles. The van der Waals surface area contributed by atoms with Gasteiger partial charge in [0, 0.05) is 17.2 Å². The number of thiophene rings is 1. The summed E-state index contributed by atoms with van der Waals surface area (Å²) in [6, 6.07) is 16.4. The second kappa shape index (κ2) is 8.88. The average molecular weight is 477 g/mol. The summed E-state index contributed by atoms with van der Waals surface area (Å²) in [5.41, 5.74) is 3.71. The lowest BCUT2D eigenvalue weighted by atomic mass is 9.97. The first-order valence-corrected chi connectivity index (χ1v) is 13.2. The summed E-state index contributed by atoms with van der Waals surface area (Å²) in [6.45, 7) is 0.895. The van der Waals surface area contributed by atoms with Gasteiger partial charge < -0.3 is 9.47 Å². The summed E-state index contributed by atoms with van der Waals surface area (Å²) >= 11 is 3.33. The standard InChI is InChI=1S/C26H24N2O3S2/c29-25-23-19-8-4-5-9-22(19)33-24(23)27-26(28(25)13-12-17-6-2-1-3-7-17)32-15-18-10-11-20-21(14-18)31-16-30-20/h1-3,6-7,10-11,14H,4-5,8-9,12-13,15-16H2. The molecule has 3 heterocycles. The first-order valence-electron chi connectivity index (χ1n) is 11.4. The second-order valence-electron chi connectivity index (χ2n) is 8.45. The summed E-state index contributed by atoms with van der Waals surface area (Å²) in [6.07, 6.45) is 5.22. The van der Waals surface area contributed by atoms with Gasteiger partial charge in [-0.2, -0.15) is 0 Å². The molecular weight excluding hydrogens is 452 g/mol. The predicted molar refractivity (Wildman–Crippen MR) is 133 cm³/mol. The topological polar surface area (TPSA) is 53.4 Å². The third-order valence-electron chi connectivity index (χ3n) is 6.31. The Morgan fingerprint density at radius 1 is 1.00 bits per heavy atom. The minimum atomic E-state index is 0.114. The highest BCUT2D eigenvalue weighted by atomic mass is 32.2. The zero-order valence-electron chi connectivity index (χ0n) is 18.2. The molecule has 2 aliphatic rings. The molecule has 0 atom stereocenters. The van der Waals surface area contributed by atoms with Gasteiger partial charge in [0.05, 0.1) is 5.39 Å². The van der Waals surface area contributed by atoms with E-state index in [9.17, 15) is 4.79 Å². The van der Waals surface area contributed by atoms with E-state index in [1.807, 2.05) is 34.9 Å². The molecular formula is C26H24N2O3S2. The van der Waals surface area contributed by atoms with Crippen LogP contribution < -0.4 is 15.0 Å². The maximum Gasteiger partial charge on any atom is 0.263 e. The van der Waals surface area contributed by atoms with Crippen molar-refractivity contribution in [2.75, 3.05) is 6.79 Å². The lowest BCUT2D eigenvalue weighted by Gasteiger charge is -2.14. The van der Waals surface area contributed by atoms with Gasteiger partial charge in [0.2, 0.25) is 6.79 Å². The van der Waals surface area contributed by atoms with Gasteiger partial charge in [-0.3, -0.25) is 9.36 Å². The fraction of sp³-hybridized carbons (Fsp3) is 0.308. The molecule has 0 fully saturated rings. The molecule has 0 bridgehead atoms. The van der Waals surface area contributed by atoms with Crippen molar-refractivity contribution < 1.29 is 9.47 Å². The zero-order valence-corrected chi connectivity index (χ0v) is 19.8. The molecule has 7 heteroatoms. The van der Waals surface area contributed by atoms with Gasteiger partial charge in [0.1, 0.15) is 4.83 Å². The molecule has 4 aromatic rings. The first-order chi connectivity index (χ1) is 16.3. The van der Waals surface area contributed by atoms with Crippen molar-refractivity contribution in [1.82, 2.24) is 9.55 Å². The number of hydrogen-bond donors (Lipinski definition) is 0. The fourth-order valence-electron chi connectivity index (χ4n) is 4.59.